The van der Waals surface area contributed by atoms with Crippen LogP contribution < -0.4 is 10.6 Å². The first-order chi connectivity index (χ1) is 13.8. The van der Waals surface area contributed by atoms with Crippen molar-refractivity contribution in [3.8, 4) is 0 Å². The number of guanidine groups is 1. The number of ether oxygens (including phenoxy) is 2. The van der Waals surface area contributed by atoms with Crippen LogP contribution in [0, 0.1) is 0 Å². The van der Waals surface area contributed by atoms with E-state index in [-0.39, 0.29) is 11.5 Å². The molecule has 0 aliphatic carbocycles. The number of benzene rings is 2. The predicted molar refractivity (Wildman–Crippen MR) is 114 cm³/mol. The molecule has 0 radical (unpaired) electrons. The van der Waals surface area contributed by atoms with Crippen LogP contribution >= 0.6 is 0 Å². The molecule has 28 heavy (non-hydrogen) atoms. The Bertz CT molecular complexity index is 689. The minimum absolute atomic E-state index is 0.186. The van der Waals surface area contributed by atoms with Crippen molar-refractivity contribution < 1.29 is 9.47 Å². The van der Waals surface area contributed by atoms with Gasteiger partial charge in [-0.15, -0.1) is 0 Å². The van der Waals surface area contributed by atoms with Gasteiger partial charge < -0.3 is 20.1 Å². The Morgan fingerprint density at radius 3 is 2.07 bits per heavy atom. The van der Waals surface area contributed by atoms with Crippen molar-refractivity contribution in [2.45, 2.75) is 24.4 Å². The summed E-state index contributed by atoms with van der Waals surface area (Å²) in [7, 11) is 3.59. The van der Waals surface area contributed by atoms with Gasteiger partial charge in [-0.1, -0.05) is 60.7 Å². The summed E-state index contributed by atoms with van der Waals surface area (Å²) in [5.41, 5.74) is 2.39. The number of hydrogen-bond acceptors (Lipinski definition) is 3. The van der Waals surface area contributed by atoms with E-state index in [1.165, 1.54) is 11.1 Å². The minimum atomic E-state index is -0.186. The van der Waals surface area contributed by atoms with Gasteiger partial charge in [0, 0.05) is 59.2 Å². The number of rotatable bonds is 7. The molecule has 5 heteroatoms. The van der Waals surface area contributed by atoms with E-state index in [2.05, 4.69) is 76.3 Å². The molecule has 0 amide bonds. The number of nitrogens with one attached hydrogen (secondary N) is 2. The van der Waals surface area contributed by atoms with Crippen LogP contribution in [0.3, 0.4) is 0 Å². The fourth-order valence-corrected chi connectivity index (χ4v) is 3.66. The summed E-state index contributed by atoms with van der Waals surface area (Å²) >= 11 is 0. The summed E-state index contributed by atoms with van der Waals surface area (Å²) in [6.45, 7) is 2.96. The largest absolute Gasteiger partial charge is 0.381 e. The zero-order chi connectivity index (χ0) is 19.7. The third kappa shape index (κ3) is 5.33. The maximum absolute atomic E-state index is 5.81. The van der Waals surface area contributed by atoms with Crippen LogP contribution in [-0.4, -0.2) is 52.0 Å². The van der Waals surface area contributed by atoms with Gasteiger partial charge in [-0.05, 0) is 11.1 Å². The van der Waals surface area contributed by atoms with Gasteiger partial charge in [0.2, 0.25) is 0 Å². The molecule has 2 N–H and O–H groups in total. The molecule has 1 heterocycles. The van der Waals surface area contributed by atoms with Crippen LogP contribution in [-0.2, 0) is 9.47 Å². The maximum Gasteiger partial charge on any atom is 0.191 e. The van der Waals surface area contributed by atoms with Gasteiger partial charge in [0.15, 0.2) is 5.96 Å². The normalized spacial score (nSPS) is 16.8. The first-order valence-corrected chi connectivity index (χ1v) is 9.94. The summed E-state index contributed by atoms with van der Waals surface area (Å²) in [6.07, 6.45) is 1.79. The molecule has 1 fully saturated rings. The van der Waals surface area contributed by atoms with Gasteiger partial charge >= 0.3 is 0 Å². The van der Waals surface area contributed by atoms with Crippen molar-refractivity contribution in [1.82, 2.24) is 10.6 Å². The van der Waals surface area contributed by atoms with Gasteiger partial charge in [-0.2, -0.15) is 0 Å². The van der Waals surface area contributed by atoms with E-state index in [1.54, 1.807) is 14.2 Å². The third-order valence-electron chi connectivity index (χ3n) is 5.52. The van der Waals surface area contributed by atoms with Crippen LogP contribution in [0.4, 0.5) is 0 Å². The Labute approximate surface area is 168 Å². The second-order valence-corrected chi connectivity index (χ2v) is 7.18. The van der Waals surface area contributed by atoms with Crippen molar-refractivity contribution >= 4 is 5.96 Å². The number of hydrogen-bond donors (Lipinski definition) is 2. The number of nitrogens with zero attached hydrogens (tertiary/aromatic N) is 1. The van der Waals surface area contributed by atoms with E-state index in [0.717, 1.165) is 38.6 Å². The molecule has 1 aliphatic heterocycles. The Balaban J connectivity index is 1.64. The van der Waals surface area contributed by atoms with Crippen molar-refractivity contribution in [3.05, 3.63) is 71.8 Å². The fraction of sp³-hybridized carbons (Fsp3) is 0.435. The molecule has 0 saturated carbocycles. The molecule has 1 saturated heterocycles. The lowest BCUT2D eigenvalue weighted by atomic mass is 9.91. The summed E-state index contributed by atoms with van der Waals surface area (Å²) in [5.74, 6) is 1.04. The predicted octanol–water partition coefficient (Wildman–Crippen LogP) is 3.18. The number of methoxy groups -OCH3 is 1. The van der Waals surface area contributed by atoms with E-state index < -0.39 is 0 Å². The second-order valence-electron chi connectivity index (χ2n) is 7.18. The van der Waals surface area contributed by atoms with Crippen LogP contribution in [0.15, 0.2) is 65.7 Å². The zero-order valence-electron chi connectivity index (χ0n) is 16.9. The summed E-state index contributed by atoms with van der Waals surface area (Å²) in [5, 5.41) is 6.95. The molecule has 2 aromatic carbocycles. The van der Waals surface area contributed by atoms with E-state index in [4.69, 9.17) is 9.47 Å². The highest BCUT2D eigenvalue weighted by molar-refractivity contribution is 5.79. The Kier molecular flexibility index (Phi) is 7.46. The van der Waals surface area contributed by atoms with Crippen LogP contribution in [0.1, 0.15) is 29.9 Å². The maximum atomic E-state index is 5.81. The van der Waals surface area contributed by atoms with Crippen molar-refractivity contribution in [1.29, 1.82) is 0 Å². The molecular weight excluding hydrogens is 350 g/mol. The van der Waals surface area contributed by atoms with Gasteiger partial charge in [-0.25, -0.2) is 0 Å². The average Bonchev–Trinajstić information content (AvgIpc) is 2.78. The lowest BCUT2D eigenvalue weighted by Gasteiger charge is -2.36. The lowest BCUT2D eigenvalue weighted by molar-refractivity contribution is -0.0855. The molecule has 0 spiro atoms. The zero-order valence-corrected chi connectivity index (χ0v) is 16.9. The molecule has 0 aromatic heterocycles. The Hall–Kier alpha value is -2.37. The molecule has 0 atom stereocenters. The number of aliphatic imine (C=N–C) groups is 1. The summed E-state index contributed by atoms with van der Waals surface area (Å²) < 4.78 is 11.3. The molecule has 5 nitrogen and oxygen atoms in total. The first kappa shape index (κ1) is 20.4. The van der Waals surface area contributed by atoms with Crippen molar-refractivity contribution in [2.75, 3.05) is 40.5 Å². The average molecular weight is 382 g/mol. The van der Waals surface area contributed by atoms with Crippen molar-refractivity contribution in [2.24, 2.45) is 4.99 Å². The van der Waals surface area contributed by atoms with Crippen LogP contribution in [0.5, 0.6) is 0 Å². The lowest BCUT2D eigenvalue weighted by Crippen LogP contribution is -2.51. The highest BCUT2D eigenvalue weighted by Gasteiger charge is 2.32. The van der Waals surface area contributed by atoms with Gasteiger partial charge in [0.1, 0.15) is 0 Å². The first-order valence-electron chi connectivity index (χ1n) is 9.94. The van der Waals surface area contributed by atoms with Gasteiger partial charge in [0.05, 0.1) is 5.60 Å². The molecule has 150 valence electrons. The van der Waals surface area contributed by atoms with Gasteiger partial charge in [-0.3, -0.25) is 4.99 Å². The Morgan fingerprint density at radius 2 is 1.57 bits per heavy atom. The highest BCUT2D eigenvalue weighted by Crippen LogP contribution is 2.24. The van der Waals surface area contributed by atoms with Crippen LogP contribution in [0.2, 0.25) is 0 Å². The third-order valence-corrected chi connectivity index (χ3v) is 5.52. The summed E-state index contributed by atoms with van der Waals surface area (Å²) in [4.78, 5) is 4.40. The van der Waals surface area contributed by atoms with Gasteiger partial charge in [0.25, 0.3) is 0 Å². The fourth-order valence-electron chi connectivity index (χ4n) is 3.66. The standard InChI is InChI=1S/C23H31N3O2/c1-24-22(26-18-23(27-2)13-15-28-16-14-23)25-17-21(19-9-5-3-6-10-19)20-11-7-4-8-12-20/h3-12,21H,13-18H2,1-2H3,(H2,24,25,26). The quantitative estimate of drug-likeness (QED) is 0.571. The highest BCUT2D eigenvalue weighted by atomic mass is 16.5. The SMILES string of the molecule is CN=C(NCC(c1ccccc1)c1ccccc1)NCC1(OC)CCOCC1. The summed E-state index contributed by atoms with van der Waals surface area (Å²) in [6, 6.07) is 21.2. The molecule has 0 bridgehead atoms. The van der Waals surface area contributed by atoms with E-state index in [0.29, 0.717) is 6.54 Å². The van der Waals surface area contributed by atoms with E-state index >= 15 is 0 Å². The molecule has 1 aliphatic rings. The second kappa shape index (κ2) is 10.2. The molecule has 3 rings (SSSR count). The van der Waals surface area contributed by atoms with Crippen LogP contribution in [0.25, 0.3) is 0 Å². The Morgan fingerprint density at radius 1 is 1.00 bits per heavy atom. The molecule has 0 unspecified atom stereocenters. The molecular formula is C23H31N3O2. The van der Waals surface area contributed by atoms with E-state index in [1.807, 2.05) is 0 Å². The topological polar surface area (TPSA) is 54.9 Å². The van der Waals surface area contributed by atoms with Crippen molar-refractivity contribution in [3.63, 3.8) is 0 Å². The molecule has 2 aromatic rings. The monoisotopic (exact) mass is 381 g/mol. The smallest absolute Gasteiger partial charge is 0.191 e. The van der Waals surface area contributed by atoms with E-state index in [9.17, 15) is 0 Å². The minimum Gasteiger partial charge on any atom is -0.381 e.